The predicted molar refractivity (Wildman–Crippen MR) is 73.4 cm³/mol. The first-order valence-corrected chi connectivity index (χ1v) is 6.86. The summed E-state index contributed by atoms with van der Waals surface area (Å²) in [6.45, 7) is 0.950. The number of halogens is 1. The van der Waals surface area contributed by atoms with Crippen LogP contribution in [0.2, 0.25) is 0 Å². The monoisotopic (exact) mass is 317 g/mol. The molecule has 2 heterocycles. The molecule has 15 heavy (non-hydrogen) atoms. The number of H-pyrrole nitrogens is 1. The van der Waals surface area contributed by atoms with Gasteiger partial charge in [0, 0.05) is 24.3 Å². The second-order valence-electron chi connectivity index (χ2n) is 3.45. The Hall–Kier alpha value is -0.620. The molecule has 1 N–H and O–H groups in total. The Morgan fingerprint density at radius 2 is 2.13 bits per heavy atom. The van der Waals surface area contributed by atoms with E-state index in [-0.39, 0.29) is 0 Å². The Morgan fingerprint density at radius 3 is 2.80 bits per heavy atom. The topological polar surface area (TPSA) is 31.9 Å². The van der Waals surface area contributed by atoms with Crippen LogP contribution in [-0.4, -0.2) is 33.9 Å². The number of hydrogen-bond donors (Lipinski definition) is 1. The van der Waals surface area contributed by atoms with E-state index in [2.05, 4.69) is 57.6 Å². The number of hydrogen-bond acceptors (Lipinski definition) is 2. The average molecular weight is 317 g/mol. The molecule has 0 spiro atoms. The van der Waals surface area contributed by atoms with E-state index in [1.54, 1.807) is 6.20 Å². The Labute approximate surface area is 104 Å². The van der Waals surface area contributed by atoms with Crippen molar-refractivity contribution < 1.29 is 0 Å². The third kappa shape index (κ3) is 3.17. The Bertz CT molecular complexity index is 409. The maximum atomic E-state index is 4.24. The van der Waals surface area contributed by atoms with Crippen molar-refractivity contribution in [3.05, 3.63) is 30.1 Å². The van der Waals surface area contributed by atoms with Crippen LogP contribution in [0.1, 0.15) is 5.56 Å². The summed E-state index contributed by atoms with van der Waals surface area (Å²) in [7, 11) is 4.13. The molecule has 0 saturated carbocycles. The predicted octanol–water partition coefficient (Wildman–Crippen LogP) is 2.68. The molecule has 2 aromatic rings. The minimum absolute atomic E-state index is 0.950. The van der Waals surface area contributed by atoms with Gasteiger partial charge >= 0.3 is 0 Å². The molecule has 0 unspecified atom stereocenters. The molecule has 0 saturated heterocycles. The largest absolute Gasteiger partial charge is 0.346 e. The lowest BCUT2D eigenvalue weighted by Crippen LogP contribution is -2.09. The molecular formula is C11H16IN3. The zero-order chi connectivity index (χ0) is 11.3. The van der Waals surface area contributed by atoms with E-state index in [1.807, 2.05) is 17.2 Å². The summed E-state index contributed by atoms with van der Waals surface area (Å²) < 4.78 is 0. The summed E-state index contributed by atoms with van der Waals surface area (Å²) in [5, 5.41) is 1.22. The first-order chi connectivity index (χ1) is 7.27. The standard InChI is InChI=1S/C10H13N3.CH3I/c1-13(2)7-8-6-12-10-9(8)4-3-5-11-10;1-2/h3-6H,7H2,1-2H3,(H,11,12);1H3. The van der Waals surface area contributed by atoms with E-state index in [1.165, 1.54) is 10.9 Å². The fourth-order valence-corrected chi connectivity index (χ4v) is 1.48. The molecular weight excluding hydrogens is 301 g/mol. The summed E-state index contributed by atoms with van der Waals surface area (Å²) in [6, 6.07) is 4.06. The second kappa shape index (κ2) is 6.07. The van der Waals surface area contributed by atoms with Crippen LogP contribution in [0.3, 0.4) is 0 Å². The highest BCUT2D eigenvalue weighted by molar-refractivity contribution is 14.1. The van der Waals surface area contributed by atoms with Gasteiger partial charge in [0.2, 0.25) is 0 Å². The number of pyridine rings is 1. The van der Waals surface area contributed by atoms with Crippen molar-refractivity contribution in [2.45, 2.75) is 6.54 Å². The molecule has 0 atom stereocenters. The van der Waals surface area contributed by atoms with Gasteiger partial charge in [0.1, 0.15) is 5.65 Å². The lowest BCUT2D eigenvalue weighted by atomic mass is 10.2. The van der Waals surface area contributed by atoms with Crippen molar-refractivity contribution >= 4 is 33.6 Å². The van der Waals surface area contributed by atoms with Gasteiger partial charge < -0.3 is 9.88 Å². The molecule has 0 radical (unpaired) electrons. The van der Waals surface area contributed by atoms with Gasteiger partial charge in [0.25, 0.3) is 0 Å². The molecule has 0 bridgehead atoms. The molecule has 0 aliphatic heterocycles. The first-order valence-electron chi connectivity index (χ1n) is 4.71. The normalized spacial score (nSPS) is 10.2. The lowest BCUT2D eigenvalue weighted by molar-refractivity contribution is 0.404. The Morgan fingerprint density at radius 1 is 1.40 bits per heavy atom. The van der Waals surface area contributed by atoms with Crippen LogP contribution < -0.4 is 0 Å². The molecule has 0 aromatic carbocycles. The smallest absolute Gasteiger partial charge is 0.137 e. The molecule has 2 rings (SSSR count). The molecule has 0 aliphatic carbocycles. The molecule has 0 amide bonds. The third-order valence-corrected chi connectivity index (χ3v) is 2.02. The van der Waals surface area contributed by atoms with Crippen molar-refractivity contribution in [2.24, 2.45) is 0 Å². The molecule has 0 fully saturated rings. The fraction of sp³-hybridized carbons (Fsp3) is 0.364. The SMILES string of the molecule is CI.CN(C)Cc1c[nH]c2ncccc12. The minimum Gasteiger partial charge on any atom is -0.346 e. The van der Waals surface area contributed by atoms with E-state index in [0.717, 1.165) is 12.2 Å². The van der Waals surface area contributed by atoms with E-state index < -0.39 is 0 Å². The Balaban J connectivity index is 0.000000531. The number of aromatic amines is 1. The van der Waals surface area contributed by atoms with Gasteiger partial charge in [0.05, 0.1) is 0 Å². The highest BCUT2D eigenvalue weighted by Gasteiger charge is 2.03. The van der Waals surface area contributed by atoms with Crippen LogP contribution in [0, 0.1) is 0 Å². The quantitative estimate of drug-likeness (QED) is 0.682. The van der Waals surface area contributed by atoms with Crippen LogP contribution in [0.4, 0.5) is 0 Å². The zero-order valence-corrected chi connectivity index (χ0v) is 11.4. The number of fused-ring (bicyclic) bond motifs is 1. The third-order valence-electron chi connectivity index (χ3n) is 2.02. The van der Waals surface area contributed by atoms with Crippen molar-refractivity contribution in [3.63, 3.8) is 0 Å². The van der Waals surface area contributed by atoms with Gasteiger partial charge in [-0.2, -0.15) is 0 Å². The summed E-state index contributed by atoms with van der Waals surface area (Å²) >= 11 is 2.15. The van der Waals surface area contributed by atoms with E-state index in [0.29, 0.717) is 0 Å². The average Bonchev–Trinajstić information content (AvgIpc) is 2.64. The summed E-state index contributed by atoms with van der Waals surface area (Å²) in [5.74, 6) is 0. The van der Waals surface area contributed by atoms with Gasteiger partial charge in [-0.3, -0.25) is 0 Å². The summed E-state index contributed by atoms with van der Waals surface area (Å²) in [6.07, 6.45) is 3.83. The lowest BCUT2D eigenvalue weighted by Gasteiger charge is -2.07. The number of alkyl halides is 1. The molecule has 2 aromatic heterocycles. The maximum Gasteiger partial charge on any atom is 0.137 e. The van der Waals surface area contributed by atoms with Crippen LogP contribution in [0.15, 0.2) is 24.5 Å². The maximum absolute atomic E-state index is 4.24. The molecule has 82 valence electrons. The first kappa shape index (κ1) is 12.4. The number of nitrogens with one attached hydrogen (secondary N) is 1. The highest BCUT2D eigenvalue weighted by Crippen LogP contribution is 2.16. The second-order valence-corrected chi connectivity index (χ2v) is 3.45. The van der Waals surface area contributed by atoms with Gasteiger partial charge in [-0.05, 0) is 36.7 Å². The van der Waals surface area contributed by atoms with Gasteiger partial charge in [0.15, 0.2) is 0 Å². The van der Waals surface area contributed by atoms with Crippen LogP contribution >= 0.6 is 22.6 Å². The van der Waals surface area contributed by atoms with Crippen molar-refractivity contribution in [1.29, 1.82) is 0 Å². The van der Waals surface area contributed by atoms with Gasteiger partial charge in [-0.15, -0.1) is 0 Å². The van der Waals surface area contributed by atoms with E-state index >= 15 is 0 Å². The summed E-state index contributed by atoms with van der Waals surface area (Å²) in [5.41, 5.74) is 2.27. The Kier molecular flexibility index (Phi) is 5.04. The van der Waals surface area contributed by atoms with E-state index in [9.17, 15) is 0 Å². The van der Waals surface area contributed by atoms with Crippen LogP contribution in [0.5, 0.6) is 0 Å². The minimum atomic E-state index is 0.950. The highest BCUT2D eigenvalue weighted by atomic mass is 127. The van der Waals surface area contributed by atoms with Crippen molar-refractivity contribution in [1.82, 2.24) is 14.9 Å². The van der Waals surface area contributed by atoms with Gasteiger partial charge in [-0.25, -0.2) is 4.98 Å². The molecule has 3 nitrogen and oxygen atoms in total. The van der Waals surface area contributed by atoms with E-state index in [4.69, 9.17) is 0 Å². The molecule has 0 aliphatic rings. The van der Waals surface area contributed by atoms with Crippen molar-refractivity contribution in [2.75, 3.05) is 19.0 Å². The number of nitrogens with zero attached hydrogens (tertiary/aromatic N) is 2. The fourth-order valence-electron chi connectivity index (χ4n) is 1.48. The number of rotatable bonds is 2. The van der Waals surface area contributed by atoms with Crippen LogP contribution in [-0.2, 0) is 6.54 Å². The molecule has 4 heteroatoms. The van der Waals surface area contributed by atoms with Crippen molar-refractivity contribution in [3.8, 4) is 0 Å². The summed E-state index contributed by atoms with van der Waals surface area (Å²) in [4.78, 5) is 11.5. The van der Waals surface area contributed by atoms with Gasteiger partial charge in [-0.1, -0.05) is 22.6 Å². The number of aromatic nitrogens is 2. The zero-order valence-electron chi connectivity index (χ0n) is 9.29. The van der Waals surface area contributed by atoms with Crippen LogP contribution in [0.25, 0.3) is 11.0 Å².